The normalized spacial score (nSPS) is 19.0. The number of benzene rings is 1. The molecule has 3 rings (SSSR count). The highest BCUT2D eigenvalue weighted by Crippen LogP contribution is 2.13. The largest absolute Gasteiger partial charge is 0.348 e. The summed E-state index contributed by atoms with van der Waals surface area (Å²) in [5.41, 5.74) is 1.53. The predicted molar refractivity (Wildman–Crippen MR) is 70.5 cm³/mol. The van der Waals surface area contributed by atoms with Crippen LogP contribution in [0, 0.1) is 0 Å². The molecule has 1 unspecified atom stereocenters. The van der Waals surface area contributed by atoms with Crippen LogP contribution in [0.25, 0.3) is 10.9 Å². The first kappa shape index (κ1) is 11.2. The molecule has 2 N–H and O–H groups in total. The topological polar surface area (TPSA) is 54.0 Å². The smallest absolute Gasteiger partial charge is 0.251 e. The van der Waals surface area contributed by atoms with E-state index in [0.717, 1.165) is 30.4 Å². The Kier molecular flexibility index (Phi) is 2.94. The lowest BCUT2D eigenvalue weighted by molar-refractivity contribution is 0.0940. The van der Waals surface area contributed by atoms with Crippen LogP contribution in [0.15, 0.2) is 36.5 Å². The molecule has 1 aromatic carbocycles. The van der Waals surface area contributed by atoms with Crippen LogP contribution in [0.4, 0.5) is 0 Å². The highest BCUT2D eigenvalue weighted by atomic mass is 16.1. The van der Waals surface area contributed by atoms with E-state index in [9.17, 15) is 4.79 Å². The van der Waals surface area contributed by atoms with Gasteiger partial charge < -0.3 is 10.6 Å². The molecule has 1 atom stereocenters. The summed E-state index contributed by atoms with van der Waals surface area (Å²) in [6.07, 6.45) is 2.74. The minimum Gasteiger partial charge on any atom is -0.348 e. The highest BCUT2D eigenvalue weighted by Gasteiger charge is 2.17. The van der Waals surface area contributed by atoms with Crippen molar-refractivity contribution < 1.29 is 4.79 Å². The number of hydrogen-bond donors (Lipinski definition) is 2. The molecule has 0 aliphatic carbocycles. The zero-order valence-electron chi connectivity index (χ0n) is 10.0. The van der Waals surface area contributed by atoms with Crippen LogP contribution in [-0.2, 0) is 0 Å². The van der Waals surface area contributed by atoms with Gasteiger partial charge in [0.25, 0.3) is 5.91 Å². The molecule has 1 aliphatic rings. The van der Waals surface area contributed by atoms with Crippen LogP contribution in [0.3, 0.4) is 0 Å². The molecule has 92 valence electrons. The van der Waals surface area contributed by atoms with Gasteiger partial charge in [0.15, 0.2) is 0 Å². The Morgan fingerprint density at radius 3 is 3.17 bits per heavy atom. The lowest BCUT2D eigenvalue weighted by Crippen LogP contribution is -2.36. The summed E-state index contributed by atoms with van der Waals surface area (Å²) in [7, 11) is 0. The monoisotopic (exact) mass is 241 g/mol. The highest BCUT2D eigenvalue weighted by molar-refractivity contribution is 5.97. The number of hydrogen-bond acceptors (Lipinski definition) is 3. The van der Waals surface area contributed by atoms with Gasteiger partial charge in [0, 0.05) is 29.7 Å². The Hall–Kier alpha value is -1.94. The van der Waals surface area contributed by atoms with Gasteiger partial charge in [-0.25, -0.2) is 0 Å². The van der Waals surface area contributed by atoms with Crippen molar-refractivity contribution in [1.82, 2.24) is 15.6 Å². The average molecular weight is 241 g/mol. The molecule has 0 spiro atoms. The fraction of sp³-hybridized carbons (Fsp3) is 0.286. The molecule has 1 fully saturated rings. The fourth-order valence-corrected chi connectivity index (χ4v) is 2.25. The number of nitrogens with zero attached hydrogens (tertiary/aromatic N) is 1. The number of carbonyl (C=O) groups is 1. The van der Waals surface area contributed by atoms with E-state index in [1.807, 2.05) is 30.3 Å². The molecule has 2 aromatic rings. The Bertz CT molecular complexity index is 576. The molecule has 0 radical (unpaired) electrons. The van der Waals surface area contributed by atoms with Crippen molar-refractivity contribution in [1.29, 1.82) is 0 Å². The second kappa shape index (κ2) is 4.74. The van der Waals surface area contributed by atoms with Gasteiger partial charge >= 0.3 is 0 Å². The standard InChI is InChI=1S/C14H15N3O/c18-14(17-12-5-7-15-9-12)11-4-3-10-2-1-6-16-13(10)8-11/h1-4,6,8,12,15H,5,7,9H2,(H,17,18). The predicted octanol–water partition coefficient (Wildman–Crippen LogP) is 1.33. The summed E-state index contributed by atoms with van der Waals surface area (Å²) in [5.74, 6) is -0.0174. The Morgan fingerprint density at radius 1 is 1.39 bits per heavy atom. The number of rotatable bonds is 2. The number of aromatic nitrogens is 1. The maximum atomic E-state index is 12.1. The third kappa shape index (κ3) is 2.19. The third-order valence-electron chi connectivity index (χ3n) is 3.26. The molecular weight excluding hydrogens is 226 g/mol. The summed E-state index contributed by atoms with van der Waals surface area (Å²) in [5, 5.41) is 7.31. The molecule has 1 saturated heterocycles. The second-order valence-electron chi connectivity index (χ2n) is 4.57. The van der Waals surface area contributed by atoms with Crippen molar-refractivity contribution in [3.05, 3.63) is 42.1 Å². The Balaban J connectivity index is 1.82. The van der Waals surface area contributed by atoms with Gasteiger partial charge in [-0.1, -0.05) is 12.1 Å². The summed E-state index contributed by atoms with van der Waals surface area (Å²) < 4.78 is 0. The van der Waals surface area contributed by atoms with Crippen molar-refractivity contribution in [3.63, 3.8) is 0 Å². The van der Waals surface area contributed by atoms with E-state index in [2.05, 4.69) is 15.6 Å². The lowest BCUT2D eigenvalue weighted by Gasteiger charge is -2.11. The molecule has 1 amide bonds. The van der Waals surface area contributed by atoms with Crippen molar-refractivity contribution in [3.8, 4) is 0 Å². The summed E-state index contributed by atoms with van der Waals surface area (Å²) in [6.45, 7) is 1.84. The van der Waals surface area contributed by atoms with Crippen molar-refractivity contribution in [2.75, 3.05) is 13.1 Å². The van der Waals surface area contributed by atoms with Crippen LogP contribution >= 0.6 is 0 Å². The van der Waals surface area contributed by atoms with E-state index >= 15 is 0 Å². The van der Waals surface area contributed by atoms with Crippen LogP contribution in [0.5, 0.6) is 0 Å². The summed E-state index contributed by atoms with van der Waals surface area (Å²) in [4.78, 5) is 16.3. The number of carbonyl (C=O) groups excluding carboxylic acids is 1. The van der Waals surface area contributed by atoms with Gasteiger partial charge in [0.05, 0.1) is 5.52 Å². The molecule has 0 saturated carbocycles. The first-order chi connectivity index (χ1) is 8.83. The van der Waals surface area contributed by atoms with Crippen molar-refractivity contribution in [2.45, 2.75) is 12.5 Å². The van der Waals surface area contributed by atoms with E-state index in [-0.39, 0.29) is 11.9 Å². The summed E-state index contributed by atoms with van der Waals surface area (Å²) in [6, 6.07) is 9.76. The van der Waals surface area contributed by atoms with Crippen LogP contribution in [0.1, 0.15) is 16.8 Å². The quantitative estimate of drug-likeness (QED) is 0.834. The maximum absolute atomic E-state index is 12.1. The zero-order valence-corrected chi connectivity index (χ0v) is 10.0. The summed E-state index contributed by atoms with van der Waals surface area (Å²) >= 11 is 0. The lowest BCUT2D eigenvalue weighted by atomic mass is 10.1. The van der Waals surface area contributed by atoms with Gasteiger partial charge in [-0.05, 0) is 31.2 Å². The van der Waals surface area contributed by atoms with Gasteiger partial charge in [-0.2, -0.15) is 0 Å². The number of nitrogens with one attached hydrogen (secondary N) is 2. The second-order valence-corrected chi connectivity index (χ2v) is 4.57. The SMILES string of the molecule is O=C(NC1CCNC1)c1ccc2cccnc2c1. The Labute approximate surface area is 105 Å². The van der Waals surface area contributed by atoms with Crippen molar-refractivity contribution >= 4 is 16.8 Å². The molecular formula is C14H15N3O. The van der Waals surface area contributed by atoms with Gasteiger partial charge in [-0.3, -0.25) is 9.78 Å². The number of pyridine rings is 1. The molecule has 1 aliphatic heterocycles. The molecule has 0 bridgehead atoms. The van der Waals surface area contributed by atoms with Gasteiger partial charge in [-0.15, -0.1) is 0 Å². The molecule has 1 aromatic heterocycles. The first-order valence-electron chi connectivity index (χ1n) is 6.19. The average Bonchev–Trinajstić information content (AvgIpc) is 2.91. The van der Waals surface area contributed by atoms with Crippen molar-refractivity contribution in [2.24, 2.45) is 0 Å². The van der Waals surface area contributed by atoms with E-state index < -0.39 is 0 Å². The van der Waals surface area contributed by atoms with Gasteiger partial charge in [0.1, 0.15) is 0 Å². The first-order valence-corrected chi connectivity index (χ1v) is 6.19. The molecule has 4 heteroatoms. The third-order valence-corrected chi connectivity index (χ3v) is 3.26. The minimum absolute atomic E-state index is 0.0174. The molecule has 18 heavy (non-hydrogen) atoms. The Morgan fingerprint density at radius 2 is 2.33 bits per heavy atom. The zero-order chi connectivity index (χ0) is 12.4. The van der Waals surface area contributed by atoms with Gasteiger partial charge in [0.2, 0.25) is 0 Å². The molecule has 4 nitrogen and oxygen atoms in total. The minimum atomic E-state index is -0.0174. The van der Waals surface area contributed by atoms with Crippen LogP contribution in [0.2, 0.25) is 0 Å². The van der Waals surface area contributed by atoms with E-state index in [4.69, 9.17) is 0 Å². The number of amides is 1. The fourth-order valence-electron chi connectivity index (χ4n) is 2.25. The van der Waals surface area contributed by atoms with E-state index in [0.29, 0.717) is 5.56 Å². The van der Waals surface area contributed by atoms with Crippen LogP contribution < -0.4 is 10.6 Å². The van der Waals surface area contributed by atoms with Crippen LogP contribution in [-0.4, -0.2) is 30.0 Å². The van der Waals surface area contributed by atoms with E-state index in [1.54, 1.807) is 6.20 Å². The number of fused-ring (bicyclic) bond motifs is 1. The molecule has 2 heterocycles. The van der Waals surface area contributed by atoms with E-state index in [1.165, 1.54) is 0 Å². The maximum Gasteiger partial charge on any atom is 0.251 e.